The highest BCUT2D eigenvalue weighted by Crippen LogP contribution is 2.38. The van der Waals surface area contributed by atoms with Gasteiger partial charge in [-0.25, -0.2) is 22.5 Å². The summed E-state index contributed by atoms with van der Waals surface area (Å²) in [5.41, 5.74) is 0.923. The quantitative estimate of drug-likeness (QED) is 0.662. The number of hydrogen-bond acceptors (Lipinski definition) is 6. The Morgan fingerprint density at radius 2 is 1.79 bits per heavy atom. The number of hydrogen-bond donors (Lipinski definition) is 1. The number of benzene rings is 2. The van der Waals surface area contributed by atoms with Crippen molar-refractivity contribution in [2.45, 2.75) is 0 Å². The first kappa shape index (κ1) is 20.3. The van der Waals surface area contributed by atoms with Gasteiger partial charge < -0.3 is 9.47 Å². The van der Waals surface area contributed by atoms with E-state index in [0.29, 0.717) is 11.1 Å². The number of halogens is 1. The maximum atomic E-state index is 14.1. The summed E-state index contributed by atoms with van der Waals surface area (Å²) in [6.45, 7) is 0. The number of sulfonamides is 1. The first-order valence-electron chi connectivity index (χ1n) is 8.36. The average molecular weight is 416 g/mol. The van der Waals surface area contributed by atoms with Crippen molar-refractivity contribution in [2.75, 3.05) is 13.4 Å². The Morgan fingerprint density at radius 3 is 2.48 bits per heavy atom. The van der Waals surface area contributed by atoms with Gasteiger partial charge in [0.1, 0.15) is 5.75 Å². The van der Waals surface area contributed by atoms with E-state index in [-0.39, 0.29) is 22.9 Å². The van der Waals surface area contributed by atoms with Crippen LogP contribution in [0.1, 0.15) is 10.4 Å². The van der Waals surface area contributed by atoms with Gasteiger partial charge in [-0.1, -0.05) is 12.1 Å². The Bertz CT molecular complexity index is 1170. The van der Waals surface area contributed by atoms with Gasteiger partial charge in [0.2, 0.25) is 15.9 Å². The molecule has 1 N–H and O–H groups in total. The number of carbonyl (C=O) groups is 1. The lowest BCUT2D eigenvalue weighted by atomic mass is 10.0. The average Bonchev–Trinajstić information content (AvgIpc) is 2.68. The first-order valence-corrected chi connectivity index (χ1v) is 10.3. The molecule has 0 saturated heterocycles. The van der Waals surface area contributed by atoms with Crippen molar-refractivity contribution in [3.8, 4) is 28.5 Å². The lowest BCUT2D eigenvalue weighted by Crippen LogP contribution is -2.29. The summed E-state index contributed by atoms with van der Waals surface area (Å²) in [7, 11) is -2.31. The second-order valence-electron chi connectivity index (χ2n) is 6.01. The fourth-order valence-corrected chi connectivity index (χ4v) is 3.06. The van der Waals surface area contributed by atoms with Crippen molar-refractivity contribution in [2.24, 2.45) is 0 Å². The van der Waals surface area contributed by atoms with Crippen LogP contribution in [0.25, 0.3) is 11.1 Å². The van der Waals surface area contributed by atoms with Crippen LogP contribution in [0.5, 0.6) is 17.4 Å². The smallest absolute Gasteiger partial charge is 0.264 e. The number of ether oxygens (including phenoxy) is 2. The fourth-order valence-electron chi connectivity index (χ4n) is 2.60. The molecular formula is C20H17FN2O5S. The molecule has 1 aromatic heterocycles. The molecule has 0 fully saturated rings. The van der Waals surface area contributed by atoms with E-state index in [0.717, 1.165) is 6.26 Å². The van der Waals surface area contributed by atoms with Crippen molar-refractivity contribution >= 4 is 15.9 Å². The van der Waals surface area contributed by atoms with E-state index in [4.69, 9.17) is 9.47 Å². The Morgan fingerprint density at radius 1 is 1.03 bits per heavy atom. The predicted molar refractivity (Wildman–Crippen MR) is 105 cm³/mol. The molecule has 0 bridgehead atoms. The molecule has 0 atom stereocenters. The third-order valence-corrected chi connectivity index (χ3v) is 4.39. The molecule has 0 aliphatic carbocycles. The second-order valence-corrected chi connectivity index (χ2v) is 7.76. The predicted octanol–water partition coefficient (Wildman–Crippen LogP) is 3.38. The van der Waals surface area contributed by atoms with Crippen molar-refractivity contribution in [3.63, 3.8) is 0 Å². The molecule has 1 heterocycles. The standard InChI is InChI=1S/C20H17FN2O5S/c1-27-20-14(6-5-11-22-20)15-12-13(19(24)23-29(2,25)26)9-10-17(15)28-18-8-4-3-7-16(18)21/h3-12H,1-2H3,(H,23,24). The van der Waals surface area contributed by atoms with Crippen LogP contribution in [0.2, 0.25) is 0 Å². The maximum absolute atomic E-state index is 14.1. The van der Waals surface area contributed by atoms with Crippen LogP contribution in [-0.2, 0) is 10.0 Å². The molecule has 3 rings (SSSR count). The fraction of sp³-hybridized carbons (Fsp3) is 0.100. The lowest BCUT2D eigenvalue weighted by Gasteiger charge is -2.15. The number of carbonyl (C=O) groups excluding carboxylic acids is 1. The Labute approximate surface area is 167 Å². The highest BCUT2D eigenvalue weighted by atomic mass is 32.2. The minimum atomic E-state index is -3.74. The van der Waals surface area contributed by atoms with Gasteiger partial charge in [-0.3, -0.25) is 4.79 Å². The third kappa shape index (κ3) is 4.88. The summed E-state index contributed by atoms with van der Waals surface area (Å²) in [4.78, 5) is 16.4. The minimum absolute atomic E-state index is 0.00931. The first-order chi connectivity index (χ1) is 13.8. The van der Waals surface area contributed by atoms with E-state index in [1.54, 1.807) is 18.2 Å². The van der Waals surface area contributed by atoms with E-state index in [1.165, 1.54) is 49.7 Å². The van der Waals surface area contributed by atoms with Crippen LogP contribution in [-0.4, -0.2) is 32.7 Å². The number of pyridine rings is 1. The number of aromatic nitrogens is 1. The Hall–Kier alpha value is -3.46. The number of methoxy groups -OCH3 is 1. The maximum Gasteiger partial charge on any atom is 0.264 e. The molecule has 0 radical (unpaired) electrons. The number of nitrogens with one attached hydrogen (secondary N) is 1. The Balaban J connectivity index is 2.13. The van der Waals surface area contributed by atoms with Crippen molar-refractivity contribution in [3.05, 3.63) is 72.2 Å². The topological polar surface area (TPSA) is 94.6 Å². The molecule has 0 aliphatic rings. The molecule has 2 aromatic carbocycles. The van der Waals surface area contributed by atoms with Gasteiger partial charge in [0.15, 0.2) is 11.6 Å². The van der Waals surface area contributed by atoms with E-state index >= 15 is 0 Å². The number of rotatable bonds is 6. The molecule has 9 heteroatoms. The summed E-state index contributed by atoms with van der Waals surface area (Å²) < 4.78 is 49.7. The second kappa shape index (κ2) is 8.27. The minimum Gasteiger partial charge on any atom is -0.481 e. The lowest BCUT2D eigenvalue weighted by molar-refractivity contribution is 0.0981. The molecule has 1 amide bonds. The van der Waals surface area contributed by atoms with Gasteiger partial charge in [-0.2, -0.15) is 0 Å². The van der Waals surface area contributed by atoms with E-state index in [9.17, 15) is 17.6 Å². The normalized spacial score (nSPS) is 11.0. The zero-order valence-electron chi connectivity index (χ0n) is 15.5. The molecule has 0 spiro atoms. The van der Waals surface area contributed by atoms with Gasteiger partial charge in [0, 0.05) is 22.9 Å². The van der Waals surface area contributed by atoms with Gasteiger partial charge in [0.25, 0.3) is 5.91 Å². The van der Waals surface area contributed by atoms with E-state index < -0.39 is 21.7 Å². The molecule has 150 valence electrons. The van der Waals surface area contributed by atoms with Crippen LogP contribution < -0.4 is 14.2 Å². The molecular weight excluding hydrogens is 399 g/mol. The summed E-state index contributed by atoms with van der Waals surface area (Å²) in [5, 5.41) is 0. The van der Waals surface area contributed by atoms with Gasteiger partial charge >= 0.3 is 0 Å². The van der Waals surface area contributed by atoms with Crippen LogP contribution in [0, 0.1) is 5.82 Å². The Kier molecular flexibility index (Phi) is 5.79. The van der Waals surface area contributed by atoms with Crippen molar-refractivity contribution in [1.29, 1.82) is 0 Å². The highest BCUT2D eigenvalue weighted by Gasteiger charge is 2.18. The van der Waals surface area contributed by atoms with Crippen molar-refractivity contribution < 1.29 is 27.1 Å². The highest BCUT2D eigenvalue weighted by molar-refractivity contribution is 7.89. The number of amides is 1. The van der Waals surface area contributed by atoms with Crippen LogP contribution in [0.15, 0.2) is 60.8 Å². The van der Waals surface area contributed by atoms with Gasteiger partial charge in [0.05, 0.1) is 13.4 Å². The summed E-state index contributed by atoms with van der Waals surface area (Å²) in [6, 6.07) is 13.5. The molecule has 29 heavy (non-hydrogen) atoms. The molecule has 0 aliphatic heterocycles. The monoisotopic (exact) mass is 416 g/mol. The van der Waals surface area contributed by atoms with Gasteiger partial charge in [-0.05, 0) is 42.5 Å². The van der Waals surface area contributed by atoms with Gasteiger partial charge in [-0.15, -0.1) is 0 Å². The summed E-state index contributed by atoms with van der Waals surface area (Å²) >= 11 is 0. The number of nitrogens with zero attached hydrogens (tertiary/aromatic N) is 1. The van der Waals surface area contributed by atoms with Crippen molar-refractivity contribution in [1.82, 2.24) is 9.71 Å². The van der Waals surface area contributed by atoms with Crippen LogP contribution in [0.4, 0.5) is 4.39 Å². The zero-order chi connectivity index (χ0) is 21.0. The largest absolute Gasteiger partial charge is 0.481 e. The van der Waals surface area contributed by atoms with Crippen LogP contribution in [0.3, 0.4) is 0 Å². The van der Waals surface area contributed by atoms with Crippen LogP contribution >= 0.6 is 0 Å². The molecule has 3 aromatic rings. The van der Waals surface area contributed by atoms with E-state index in [1.807, 2.05) is 4.72 Å². The molecule has 0 saturated carbocycles. The molecule has 0 unspecified atom stereocenters. The third-order valence-electron chi connectivity index (χ3n) is 3.83. The summed E-state index contributed by atoms with van der Waals surface area (Å²) in [5.74, 6) is -0.890. The number of para-hydroxylation sites is 1. The summed E-state index contributed by atoms with van der Waals surface area (Å²) in [6.07, 6.45) is 2.41. The SMILES string of the molecule is COc1ncccc1-c1cc(C(=O)NS(C)(=O)=O)ccc1Oc1ccccc1F. The molecule has 7 nitrogen and oxygen atoms in total. The zero-order valence-corrected chi connectivity index (χ0v) is 16.4. The van der Waals surface area contributed by atoms with E-state index in [2.05, 4.69) is 4.98 Å².